The molecule has 18 heavy (non-hydrogen) atoms. The van der Waals surface area contributed by atoms with Crippen molar-refractivity contribution in [2.45, 2.75) is 13.8 Å². The molecule has 0 fully saturated rings. The molecule has 2 nitrogen and oxygen atoms in total. The van der Waals surface area contributed by atoms with E-state index in [1.165, 1.54) is 5.56 Å². The van der Waals surface area contributed by atoms with Gasteiger partial charge < -0.3 is 0 Å². The number of hydrogen-bond donors (Lipinski definition) is 0. The fraction of sp³-hybridized carbons (Fsp3) is 0.188. The molecular formula is C16H18N2. The summed E-state index contributed by atoms with van der Waals surface area (Å²) < 4.78 is 0. The van der Waals surface area contributed by atoms with Crippen LogP contribution in [0.25, 0.3) is 0 Å². The van der Waals surface area contributed by atoms with Crippen LogP contribution < -0.4 is 5.01 Å². The zero-order valence-electron chi connectivity index (χ0n) is 11.1. The Labute approximate surface area is 109 Å². The van der Waals surface area contributed by atoms with Crippen molar-refractivity contribution in [1.29, 1.82) is 0 Å². The summed E-state index contributed by atoms with van der Waals surface area (Å²) in [5.41, 5.74) is 4.52. The molecule has 2 heteroatoms. The number of hydrazone groups is 1. The Balaban J connectivity index is 2.20. The molecule has 0 N–H and O–H groups in total. The third-order valence-corrected chi connectivity index (χ3v) is 2.90. The van der Waals surface area contributed by atoms with E-state index in [-0.39, 0.29) is 0 Å². The summed E-state index contributed by atoms with van der Waals surface area (Å²) in [6.07, 6.45) is 0. The Bertz CT molecular complexity index is 527. The van der Waals surface area contributed by atoms with Crippen LogP contribution in [-0.2, 0) is 0 Å². The highest BCUT2D eigenvalue weighted by molar-refractivity contribution is 5.99. The van der Waals surface area contributed by atoms with Gasteiger partial charge >= 0.3 is 0 Å². The van der Waals surface area contributed by atoms with Crippen molar-refractivity contribution >= 4 is 11.4 Å². The quantitative estimate of drug-likeness (QED) is 0.585. The molecule has 0 saturated carbocycles. The van der Waals surface area contributed by atoms with Crippen molar-refractivity contribution in [2.24, 2.45) is 5.10 Å². The van der Waals surface area contributed by atoms with Gasteiger partial charge in [0, 0.05) is 7.05 Å². The third-order valence-electron chi connectivity index (χ3n) is 2.90. The van der Waals surface area contributed by atoms with E-state index in [1.54, 1.807) is 0 Å². The summed E-state index contributed by atoms with van der Waals surface area (Å²) in [5.74, 6) is 0. The first-order valence-corrected chi connectivity index (χ1v) is 6.08. The van der Waals surface area contributed by atoms with Crippen molar-refractivity contribution in [2.75, 3.05) is 12.1 Å². The molecule has 0 atom stereocenters. The Morgan fingerprint density at radius 3 is 2.17 bits per heavy atom. The van der Waals surface area contributed by atoms with Crippen LogP contribution in [0.1, 0.15) is 18.1 Å². The first kappa shape index (κ1) is 12.4. The lowest BCUT2D eigenvalue weighted by atomic mass is 10.1. The summed E-state index contributed by atoms with van der Waals surface area (Å²) in [6.45, 7) is 4.12. The molecule has 92 valence electrons. The average molecular weight is 238 g/mol. The van der Waals surface area contributed by atoms with E-state index in [9.17, 15) is 0 Å². The standard InChI is InChI=1S/C16H18N2/c1-13-9-11-15(12-10-13)14(2)17-18(3)16-7-5-4-6-8-16/h4-12H,1-3H3/b17-14-. The van der Waals surface area contributed by atoms with E-state index in [2.05, 4.69) is 36.3 Å². The Morgan fingerprint density at radius 2 is 1.56 bits per heavy atom. The van der Waals surface area contributed by atoms with Crippen LogP contribution in [0.2, 0.25) is 0 Å². The monoisotopic (exact) mass is 238 g/mol. The largest absolute Gasteiger partial charge is 0.268 e. The lowest BCUT2D eigenvalue weighted by Gasteiger charge is -2.14. The van der Waals surface area contributed by atoms with Gasteiger partial charge in [-0.05, 0) is 31.5 Å². The molecule has 0 amide bonds. The summed E-state index contributed by atoms with van der Waals surface area (Å²) in [6, 6.07) is 18.6. The first-order chi connectivity index (χ1) is 8.66. The molecule has 0 radical (unpaired) electrons. The summed E-state index contributed by atoms with van der Waals surface area (Å²) >= 11 is 0. The molecule has 0 aromatic heterocycles. The lowest BCUT2D eigenvalue weighted by Crippen LogP contribution is -2.12. The second kappa shape index (κ2) is 5.50. The predicted molar refractivity (Wildman–Crippen MR) is 78.2 cm³/mol. The first-order valence-electron chi connectivity index (χ1n) is 6.08. The Hall–Kier alpha value is -2.09. The van der Waals surface area contributed by atoms with Crippen LogP contribution >= 0.6 is 0 Å². The maximum absolute atomic E-state index is 4.60. The molecule has 0 spiro atoms. The van der Waals surface area contributed by atoms with Crippen LogP contribution in [0.3, 0.4) is 0 Å². The second-order valence-corrected chi connectivity index (χ2v) is 4.41. The fourth-order valence-electron chi connectivity index (χ4n) is 1.78. The molecule has 0 heterocycles. The zero-order chi connectivity index (χ0) is 13.0. The van der Waals surface area contributed by atoms with E-state index >= 15 is 0 Å². The van der Waals surface area contributed by atoms with Gasteiger partial charge in [0.05, 0.1) is 11.4 Å². The summed E-state index contributed by atoms with van der Waals surface area (Å²) in [7, 11) is 1.97. The maximum atomic E-state index is 4.60. The van der Waals surface area contributed by atoms with Gasteiger partial charge in [-0.15, -0.1) is 0 Å². The van der Waals surface area contributed by atoms with Gasteiger partial charge in [-0.25, -0.2) is 0 Å². The van der Waals surface area contributed by atoms with Crippen molar-refractivity contribution in [1.82, 2.24) is 0 Å². The van der Waals surface area contributed by atoms with Gasteiger partial charge in [-0.3, -0.25) is 5.01 Å². The fourth-order valence-corrected chi connectivity index (χ4v) is 1.78. The Kier molecular flexibility index (Phi) is 3.78. The topological polar surface area (TPSA) is 15.6 Å². The minimum Gasteiger partial charge on any atom is -0.268 e. The maximum Gasteiger partial charge on any atom is 0.0650 e. The Morgan fingerprint density at radius 1 is 0.944 bits per heavy atom. The molecular weight excluding hydrogens is 220 g/mol. The van der Waals surface area contributed by atoms with E-state index in [1.807, 2.05) is 49.3 Å². The highest BCUT2D eigenvalue weighted by Crippen LogP contribution is 2.13. The molecule has 0 aliphatic carbocycles. The van der Waals surface area contributed by atoms with Crippen molar-refractivity contribution in [3.63, 3.8) is 0 Å². The molecule has 2 rings (SSSR count). The molecule has 0 unspecified atom stereocenters. The van der Waals surface area contributed by atoms with Crippen molar-refractivity contribution < 1.29 is 0 Å². The summed E-state index contributed by atoms with van der Waals surface area (Å²) in [5, 5.41) is 6.50. The van der Waals surface area contributed by atoms with Gasteiger partial charge in [-0.1, -0.05) is 48.0 Å². The van der Waals surface area contributed by atoms with Gasteiger partial charge in [0.15, 0.2) is 0 Å². The van der Waals surface area contributed by atoms with E-state index in [0.29, 0.717) is 0 Å². The van der Waals surface area contributed by atoms with Gasteiger partial charge in [0.2, 0.25) is 0 Å². The number of nitrogens with zero attached hydrogens (tertiary/aromatic N) is 2. The van der Waals surface area contributed by atoms with Crippen LogP contribution in [0.4, 0.5) is 5.69 Å². The highest BCUT2D eigenvalue weighted by atomic mass is 15.4. The van der Waals surface area contributed by atoms with Crippen LogP contribution in [0, 0.1) is 6.92 Å². The summed E-state index contributed by atoms with van der Waals surface area (Å²) in [4.78, 5) is 0. The predicted octanol–water partition coefficient (Wildman–Crippen LogP) is 3.86. The molecule has 2 aromatic rings. The number of para-hydroxylation sites is 1. The van der Waals surface area contributed by atoms with E-state index in [0.717, 1.165) is 17.0 Å². The van der Waals surface area contributed by atoms with E-state index in [4.69, 9.17) is 0 Å². The molecule has 2 aromatic carbocycles. The minimum absolute atomic E-state index is 1.02. The van der Waals surface area contributed by atoms with Crippen LogP contribution in [0.15, 0.2) is 59.7 Å². The van der Waals surface area contributed by atoms with Crippen LogP contribution in [0.5, 0.6) is 0 Å². The van der Waals surface area contributed by atoms with Crippen molar-refractivity contribution in [3.8, 4) is 0 Å². The average Bonchev–Trinajstić information content (AvgIpc) is 2.40. The molecule has 0 bridgehead atoms. The highest BCUT2D eigenvalue weighted by Gasteiger charge is 2.00. The number of aryl methyl sites for hydroxylation is 1. The second-order valence-electron chi connectivity index (χ2n) is 4.41. The van der Waals surface area contributed by atoms with Crippen LogP contribution in [-0.4, -0.2) is 12.8 Å². The van der Waals surface area contributed by atoms with Gasteiger partial charge in [-0.2, -0.15) is 5.10 Å². The smallest absolute Gasteiger partial charge is 0.0650 e. The van der Waals surface area contributed by atoms with Gasteiger partial charge in [0.1, 0.15) is 0 Å². The minimum atomic E-state index is 1.02. The van der Waals surface area contributed by atoms with Crippen molar-refractivity contribution in [3.05, 3.63) is 65.7 Å². The normalized spacial score (nSPS) is 11.4. The number of benzene rings is 2. The lowest BCUT2D eigenvalue weighted by molar-refractivity contribution is 1.01. The van der Waals surface area contributed by atoms with Gasteiger partial charge in [0.25, 0.3) is 0 Å². The molecule has 0 saturated heterocycles. The molecule has 0 aliphatic heterocycles. The zero-order valence-corrected chi connectivity index (χ0v) is 11.1. The number of anilines is 1. The third kappa shape index (κ3) is 2.98. The van der Waals surface area contributed by atoms with E-state index < -0.39 is 0 Å². The number of hydrogen-bond acceptors (Lipinski definition) is 2. The number of rotatable bonds is 3. The molecule has 0 aliphatic rings. The SMILES string of the molecule is C/C(=N/N(C)c1ccccc1)c1ccc(C)cc1.